The molecule has 1 aromatic heterocycles. The van der Waals surface area contributed by atoms with Gasteiger partial charge in [-0.2, -0.15) is 5.26 Å². The lowest BCUT2D eigenvalue weighted by molar-refractivity contribution is 0.414. The molecule has 0 spiro atoms. The normalized spacial score (nSPS) is 10.2. The highest BCUT2D eigenvalue weighted by Gasteiger charge is 2.12. The maximum absolute atomic E-state index is 12.5. The van der Waals surface area contributed by atoms with Crippen LogP contribution in [0.25, 0.3) is 22.3 Å². The molecule has 0 fully saturated rings. The van der Waals surface area contributed by atoms with Crippen LogP contribution in [0.4, 0.5) is 0 Å². The quantitative estimate of drug-likeness (QED) is 0.677. The molecule has 116 valence electrons. The average molecular weight is 315 g/mol. The number of nitriles is 1. The van der Waals surface area contributed by atoms with Gasteiger partial charge >= 0.3 is 0 Å². The average Bonchev–Trinajstić information content (AvgIpc) is 2.60. The van der Waals surface area contributed by atoms with E-state index in [1.165, 1.54) is 6.07 Å². The largest absolute Gasteiger partial charge is 0.497 e. The number of ether oxygens (including phenoxy) is 1. The SMILES string of the molecule is C#Cc1cc(-c2cc(=O)c3c(C)cc(OC)cc3o2)ccc1C#N. The van der Waals surface area contributed by atoms with Gasteiger partial charge in [0.05, 0.1) is 18.1 Å². The van der Waals surface area contributed by atoms with Crippen molar-refractivity contribution >= 4 is 11.0 Å². The number of fused-ring (bicyclic) bond motifs is 1. The molecule has 0 bridgehead atoms. The van der Waals surface area contributed by atoms with Gasteiger partial charge in [-0.15, -0.1) is 6.42 Å². The van der Waals surface area contributed by atoms with E-state index in [4.69, 9.17) is 20.8 Å². The number of hydrogen-bond donors (Lipinski definition) is 0. The van der Waals surface area contributed by atoms with E-state index in [0.29, 0.717) is 39.2 Å². The van der Waals surface area contributed by atoms with Crippen molar-refractivity contribution in [3.8, 4) is 35.5 Å². The highest BCUT2D eigenvalue weighted by atomic mass is 16.5. The zero-order chi connectivity index (χ0) is 17.3. The molecule has 0 aliphatic heterocycles. The highest BCUT2D eigenvalue weighted by Crippen LogP contribution is 2.28. The van der Waals surface area contributed by atoms with Gasteiger partial charge in [-0.3, -0.25) is 4.79 Å². The van der Waals surface area contributed by atoms with Crippen molar-refractivity contribution in [2.75, 3.05) is 7.11 Å². The van der Waals surface area contributed by atoms with Crippen LogP contribution < -0.4 is 10.2 Å². The van der Waals surface area contributed by atoms with Crippen molar-refractivity contribution in [3.05, 3.63) is 63.3 Å². The number of methoxy groups -OCH3 is 1. The van der Waals surface area contributed by atoms with Gasteiger partial charge in [0.1, 0.15) is 23.2 Å². The van der Waals surface area contributed by atoms with Crippen molar-refractivity contribution in [1.82, 2.24) is 0 Å². The molecule has 0 unspecified atom stereocenters. The van der Waals surface area contributed by atoms with Crippen molar-refractivity contribution < 1.29 is 9.15 Å². The third-order valence-electron chi connectivity index (χ3n) is 3.82. The fraction of sp³-hybridized carbons (Fsp3) is 0.100. The molecule has 0 aliphatic rings. The Morgan fingerprint density at radius 1 is 1.17 bits per heavy atom. The molecule has 1 heterocycles. The van der Waals surface area contributed by atoms with Gasteiger partial charge < -0.3 is 9.15 Å². The number of aryl methyl sites for hydroxylation is 1. The summed E-state index contributed by atoms with van der Waals surface area (Å²) in [5.74, 6) is 3.48. The van der Waals surface area contributed by atoms with Crippen molar-refractivity contribution in [2.24, 2.45) is 0 Å². The van der Waals surface area contributed by atoms with E-state index < -0.39 is 0 Å². The van der Waals surface area contributed by atoms with Crippen LogP contribution in [0, 0.1) is 30.6 Å². The van der Waals surface area contributed by atoms with Crippen LogP contribution in [0.15, 0.2) is 45.6 Å². The van der Waals surface area contributed by atoms with Crippen LogP contribution in [0.5, 0.6) is 5.75 Å². The second-order valence-corrected chi connectivity index (χ2v) is 5.31. The number of terminal acetylenes is 1. The molecule has 3 rings (SSSR count). The van der Waals surface area contributed by atoms with Gasteiger partial charge in [0, 0.05) is 23.3 Å². The molecule has 0 radical (unpaired) electrons. The summed E-state index contributed by atoms with van der Waals surface area (Å²) in [6.07, 6.45) is 5.44. The second kappa shape index (κ2) is 5.95. The third kappa shape index (κ3) is 2.51. The molecule has 0 saturated heterocycles. The smallest absolute Gasteiger partial charge is 0.193 e. The van der Waals surface area contributed by atoms with E-state index in [1.54, 1.807) is 37.4 Å². The Hall–Kier alpha value is -3.50. The van der Waals surface area contributed by atoms with E-state index >= 15 is 0 Å². The predicted octanol–water partition coefficient (Wildman–Crippen LogP) is 3.63. The van der Waals surface area contributed by atoms with Crippen LogP contribution in [0.3, 0.4) is 0 Å². The highest BCUT2D eigenvalue weighted by molar-refractivity contribution is 5.83. The Balaban J connectivity index is 2.27. The fourth-order valence-electron chi connectivity index (χ4n) is 2.63. The van der Waals surface area contributed by atoms with E-state index in [-0.39, 0.29) is 5.43 Å². The number of hydrogen-bond acceptors (Lipinski definition) is 4. The summed E-state index contributed by atoms with van der Waals surface area (Å²) in [7, 11) is 1.56. The summed E-state index contributed by atoms with van der Waals surface area (Å²) in [6.45, 7) is 1.83. The molecule has 2 aromatic carbocycles. The summed E-state index contributed by atoms with van der Waals surface area (Å²) in [4.78, 5) is 12.5. The lowest BCUT2D eigenvalue weighted by Crippen LogP contribution is -2.03. The van der Waals surface area contributed by atoms with Gasteiger partial charge in [-0.25, -0.2) is 0 Å². The van der Waals surface area contributed by atoms with Crippen molar-refractivity contribution in [2.45, 2.75) is 6.92 Å². The number of nitrogens with zero attached hydrogens (tertiary/aromatic N) is 1. The molecule has 4 heteroatoms. The molecule has 0 amide bonds. The van der Waals surface area contributed by atoms with E-state index in [1.807, 2.05) is 13.0 Å². The van der Waals surface area contributed by atoms with E-state index in [9.17, 15) is 4.79 Å². The Morgan fingerprint density at radius 2 is 1.96 bits per heavy atom. The molecule has 4 nitrogen and oxygen atoms in total. The first-order chi connectivity index (χ1) is 11.6. The molecule has 3 aromatic rings. The Morgan fingerprint density at radius 3 is 2.62 bits per heavy atom. The minimum atomic E-state index is -0.141. The number of benzene rings is 2. The molecule has 0 aliphatic carbocycles. The molecular weight excluding hydrogens is 302 g/mol. The monoisotopic (exact) mass is 315 g/mol. The fourth-order valence-corrected chi connectivity index (χ4v) is 2.63. The summed E-state index contributed by atoms with van der Waals surface area (Å²) >= 11 is 0. The maximum atomic E-state index is 12.5. The van der Waals surface area contributed by atoms with Gasteiger partial charge in [0.15, 0.2) is 5.43 Å². The van der Waals surface area contributed by atoms with Crippen LogP contribution in [-0.2, 0) is 0 Å². The van der Waals surface area contributed by atoms with Crippen molar-refractivity contribution in [3.63, 3.8) is 0 Å². The topological polar surface area (TPSA) is 63.2 Å². The standard InChI is InChI=1S/C20H13NO3/c1-4-13-8-14(5-6-15(13)11-21)18-10-17(22)20-12(2)7-16(23-3)9-19(20)24-18/h1,5-10H,2-3H3. The lowest BCUT2D eigenvalue weighted by atomic mass is 10.0. The third-order valence-corrected chi connectivity index (χ3v) is 3.82. The first kappa shape index (κ1) is 15.4. The van der Waals surface area contributed by atoms with Crippen molar-refractivity contribution in [1.29, 1.82) is 5.26 Å². The van der Waals surface area contributed by atoms with Gasteiger partial charge in [-0.05, 0) is 36.8 Å². The minimum absolute atomic E-state index is 0.141. The Kier molecular flexibility index (Phi) is 3.82. The van der Waals surface area contributed by atoms with Crippen LogP contribution >= 0.6 is 0 Å². The molecule has 0 N–H and O–H groups in total. The van der Waals surface area contributed by atoms with Gasteiger partial charge in [0.2, 0.25) is 0 Å². The number of rotatable bonds is 2. The predicted molar refractivity (Wildman–Crippen MR) is 91.9 cm³/mol. The Bertz CT molecular complexity index is 1090. The zero-order valence-electron chi connectivity index (χ0n) is 13.2. The zero-order valence-corrected chi connectivity index (χ0v) is 13.2. The molecule has 24 heavy (non-hydrogen) atoms. The Labute approximate surface area is 138 Å². The van der Waals surface area contributed by atoms with Gasteiger partial charge in [-0.1, -0.05) is 5.92 Å². The summed E-state index contributed by atoms with van der Waals surface area (Å²) in [5, 5.41) is 9.57. The second-order valence-electron chi connectivity index (χ2n) is 5.31. The van der Waals surface area contributed by atoms with E-state index in [2.05, 4.69) is 5.92 Å². The first-order valence-electron chi connectivity index (χ1n) is 7.21. The lowest BCUT2D eigenvalue weighted by Gasteiger charge is -2.08. The van der Waals surface area contributed by atoms with Crippen LogP contribution in [-0.4, -0.2) is 7.11 Å². The summed E-state index contributed by atoms with van der Waals surface area (Å²) in [5.41, 5.74) is 2.59. The van der Waals surface area contributed by atoms with Crippen LogP contribution in [0.2, 0.25) is 0 Å². The molecular formula is C20H13NO3. The van der Waals surface area contributed by atoms with E-state index in [0.717, 1.165) is 5.56 Å². The summed E-state index contributed by atoms with van der Waals surface area (Å²) in [6, 6.07) is 11.9. The molecule has 0 saturated carbocycles. The molecule has 0 atom stereocenters. The first-order valence-corrected chi connectivity index (χ1v) is 7.21. The summed E-state index contributed by atoms with van der Waals surface area (Å²) < 4.78 is 11.1. The van der Waals surface area contributed by atoms with Gasteiger partial charge in [0.25, 0.3) is 0 Å². The van der Waals surface area contributed by atoms with Crippen LogP contribution in [0.1, 0.15) is 16.7 Å². The maximum Gasteiger partial charge on any atom is 0.193 e. The minimum Gasteiger partial charge on any atom is -0.497 e.